The fourth-order valence-electron chi connectivity index (χ4n) is 3.93. The summed E-state index contributed by atoms with van der Waals surface area (Å²) in [6, 6.07) is 21.3. The van der Waals surface area contributed by atoms with Gasteiger partial charge in [0.15, 0.2) is 0 Å². The summed E-state index contributed by atoms with van der Waals surface area (Å²) in [5.41, 5.74) is 1.79. The monoisotopic (exact) mass is 493 g/mol. The molecule has 0 aliphatic carbocycles. The zero-order chi connectivity index (χ0) is 22.3. The molecule has 0 radical (unpaired) electrons. The lowest BCUT2D eigenvalue weighted by molar-refractivity contribution is 0.0982. The van der Waals surface area contributed by atoms with Crippen molar-refractivity contribution in [2.45, 2.75) is 0 Å². The maximum absolute atomic E-state index is 13.3. The van der Waals surface area contributed by atoms with Crippen LogP contribution >= 0.6 is 15.9 Å². The molecule has 7 heteroatoms. The summed E-state index contributed by atoms with van der Waals surface area (Å²) < 4.78 is 6.47. The van der Waals surface area contributed by atoms with Crippen molar-refractivity contribution in [3.63, 3.8) is 0 Å². The second kappa shape index (κ2) is 10.6. The van der Waals surface area contributed by atoms with Crippen LogP contribution in [0.3, 0.4) is 0 Å². The van der Waals surface area contributed by atoms with Gasteiger partial charge >= 0.3 is 0 Å². The van der Waals surface area contributed by atoms with E-state index in [2.05, 4.69) is 36.8 Å². The van der Waals surface area contributed by atoms with Crippen LogP contribution in [0.4, 0.5) is 11.5 Å². The average molecular weight is 494 g/mol. The standard InChI is InChI=1S/C25H27BrN4O2/c1-32-23-7-3-2-6-22(23)29-17-14-28(15-18-29)16-19-30(24-8-4-5-13-27-24)25(31)20-9-11-21(26)12-10-20/h2-13H,14-19H2,1H3/i25-1. The molecule has 0 atom stereocenters. The fraction of sp³-hybridized carbons (Fsp3) is 0.280. The molecule has 1 amide bonds. The average Bonchev–Trinajstić information content (AvgIpc) is 2.85. The van der Waals surface area contributed by atoms with Gasteiger partial charge in [-0.05, 0) is 48.5 Å². The third kappa shape index (κ3) is 5.29. The Labute approximate surface area is 197 Å². The quantitative estimate of drug-likeness (QED) is 0.490. The van der Waals surface area contributed by atoms with Crippen molar-refractivity contribution in [3.05, 3.63) is 83.0 Å². The number of nitrogens with zero attached hydrogens (tertiary/aromatic N) is 4. The van der Waals surface area contributed by atoms with Crippen molar-refractivity contribution in [1.82, 2.24) is 9.88 Å². The van der Waals surface area contributed by atoms with Gasteiger partial charge in [-0.2, -0.15) is 0 Å². The number of halogens is 1. The van der Waals surface area contributed by atoms with Gasteiger partial charge in [0.25, 0.3) is 5.91 Å². The number of hydrogen-bond acceptors (Lipinski definition) is 5. The largest absolute Gasteiger partial charge is 0.495 e. The maximum Gasteiger partial charge on any atom is 0.259 e. The molecule has 1 aliphatic rings. The summed E-state index contributed by atoms with van der Waals surface area (Å²) in [6.45, 7) is 5.08. The number of carbonyl (C=O) groups excluding carboxylic acids is 1. The van der Waals surface area contributed by atoms with E-state index in [1.54, 1.807) is 18.2 Å². The van der Waals surface area contributed by atoms with E-state index in [-0.39, 0.29) is 5.91 Å². The van der Waals surface area contributed by atoms with Gasteiger partial charge in [0.05, 0.1) is 12.8 Å². The van der Waals surface area contributed by atoms with Crippen LogP contribution in [0.25, 0.3) is 0 Å². The van der Waals surface area contributed by atoms with Crippen molar-refractivity contribution < 1.29 is 9.53 Å². The van der Waals surface area contributed by atoms with Gasteiger partial charge in [-0.3, -0.25) is 14.6 Å². The predicted octanol–water partition coefficient (Wildman–Crippen LogP) is 4.32. The van der Waals surface area contributed by atoms with Gasteiger partial charge in [0.1, 0.15) is 11.6 Å². The van der Waals surface area contributed by atoms with Crippen LogP contribution in [0.1, 0.15) is 10.4 Å². The third-order valence-electron chi connectivity index (χ3n) is 5.70. The lowest BCUT2D eigenvalue weighted by Crippen LogP contribution is -2.49. The Morgan fingerprint density at radius 3 is 2.41 bits per heavy atom. The molecule has 1 aliphatic heterocycles. The number of ether oxygens (including phenoxy) is 1. The van der Waals surface area contributed by atoms with Gasteiger partial charge in [0, 0.05) is 55.5 Å². The smallest absolute Gasteiger partial charge is 0.259 e. The van der Waals surface area contributed by atoms with E-state index < -0.39 is 0 Å². The molecule has 1 saturated heterocycles. The Morgan fingerprint density at radius 2 is 1.72 bits per heavy atom. The summed E-state index contributed by atoms with van der Waals surface area (Å²) in [6.07, 6.45) is 1.73. The first-order chi connectivity index (χ1) is 15.7. The summed E-state index contributed by atoms with van der Waals surface area (Å²) in [4.78, 5) is 24.2. The molecule has 166 valence electrons. The number of rotatable bonds is 7. The van der Waals surface area contributed by atoms with E-state index in [0.29, 0.717) is 17.9 Å². The first-order valence-corrected chi connectivity index (χ1v) is 11.5. The Morgan fingerprint density at radius 1 is 1.00 bits per heavy atom. The van der Waals surface area contributed by atoms with E-state index in [0.717, 1.165) is 48.6 Å². The van der Waals surface area contributed by atoms with Gasteiger partial charge in [0.2, 0.25) is 0 Å². The number of pyridine rings is 1. The van der Waals surface area contributed by atoms with E-state index in [9.17, 15) is 4.79 Å². The highest BCUT2D eigenvalue weighted by molar-refractivity contribution is 9.10. The summed E-state index contributed by atoms with van der Waals surface area (Å²) in [5.74, 6) is 1.54. The zero-order valence-corrected chi connectivity index (χ0v) is 19.7. The van der Waals surface area contributed by atoms with Crippen molar-refractivity contribution in [2.24, 2.45) is 0 Å². The molecule has 2 heterocycles. The minimum atomic E-state index is -0.0381. The SMILES string of the molecule is COc1ccccc1N1CCN(CCN(c2ccccn2)[11C](=O)c2ccc(Br)cc2)CC1. The predicted molar refractivity (Wildman–Crippen MR) is 132 cm³/mol. The molecular formula is C25H27BrN4O2. The highest BCUT2D eigenvalue weighted by Crippen LogP contribution is 2.28. The van der Waals surface area contributed by atoms with Gasteiger partial charge < -0.3 is 9.64 Å². The highest BCUT2D eigenvalue weighted by Gasteiger charge is 2.23. The number of carbonyl (C=O) groups is 1. The van der Waals surface area contributed by atoms with Crippen molar-refractivity contribution >= 4 is 33.3 Å². The lowest BCUT2D eigenvalue weighted by Gasteiger charge is -2.37. The number of hydrogen-bond donors (Lipinski definition) is 0. The molecule has 0 N–H and O–H groups in total. The molecule has 1 fully saturated rings. The molecule has 4 rings (SSSR count). The normalized spacial score (nSPS) is 14.2. The maximum atomic E-state index is 13.3. The lowest BCUT2D eigenvalue weighted by atomic mass is 9.86. The molecule has 0 bridgehead atoms. The minimum absolute atomic E-state index is 0.0381. The highest BCUT2D eigenvalue weighted by atomic mass is 79.9. The fourth-order valence-corrected chi connectivity index (χ4v) is 4.19. The van der Waals surface area contributed by atoms with Crippen LogP contribution in [-0.4, -0.2) is 62.2 Å². The summed E-state index contributed by atoms with van der Waals surface area (Å²) in [5, 5.41) is 0. The van der Waals surface area contributed by atoms with Crippen LogP contribution in [-0.2, 0) is 0 Å². The van der Waals surface area contributed by atoms with Crippen molar-refractivity contribution in [3.8, 4) is 5.75 Å². The molecule has 0 spiro atoms. The number of benzene rings is 2. The van der Waals surface area contributed by atoms with Gasteiger partial charge in [-0.15, -0.1) is 0 Å². The molecule has 2 aromatic carbocycles. The minimum Gasteiger partial charge on any atom is -0.495 e. The number of para-hydroxylation sites is 2. The van der Waals surface area contributed by atoms with E-state index in [4.69, 9.17) is 4.74 Å². The number of anilines is 2. The Kier molecular flexibility index (Phi) is 7.39. The number of aromatic nitrogens is 1. The summed E-state index contributed by atoms with van der Waals surface area (Å²) in [7, 11) is 1.71. The van der Waals surface area contributed by atoms with Crippen molar-refractivity contribution in [2.75, 3.05) is 56.2 Å². The van der Waals surface area contributed by atoms with Crippen LogP contribution in [0.2, 0.25) is 0 Å². The molecule has 0 unspecified atom stereocenters. The van der Waals surface area contributed by atoms with E-state index >= 15 is 0 Å². The van der Waals surface area contributed by atoms with Gasteiger partial charge in [-0.25, -0.2) is 4.98 Å². The molecule has 6 nitrogen and oxygen atoms in total. The number of piperazine rings is 1. The Hall–Kier alpha value is -2.90. The first-order valence-electron chi connectivity index (χ1n) is 10.7. The topological polar surface area (TPSA) is 48.9 Å². The summed E-state index contributed by atoms with van der Waals surface area (Å²) >= 11 is 3.43. The third-order valence-corrected chi connectivity index (χ3v) is 6.23. The zero-order valence-electron chi connectivity index (χ0n) is 18.2. The first kappa shape index (κ1) is 22.3. The second-order valence-electron chi connectivity index (χ2n) is 7.65. The van der Waals surface area contributed by atoms with Gasteiger partial charge in [-0.1, -0.05) is 34.1 Å². The molecular weight excluding hydrogens is 467 g/mol. The van der Waals surface area contributed by atoms with E-state index in [1.165, 1.54) is 0 Å². The molecule has 1 aromatic heterocycles. The molecule has 32 heavy (non-hydrogen) atoms. The van der Waals surface area contributed by atoms with Crippen LogP contribution in [0, 0.1) is 0 Å². The Balaban J connectivity index is 1.41. The van der Waals surface area contributed by atoms with Crippen LogP contribution in [0.15, 0.2) is 77.4 Å². The van der Waals surface area contributed by atoms with Crippen LogP contribution < -0.4 is 14.5 Å². The second-order valence-corrected chi connectivity index (χ2v) is 8.57. The number of amides is 1. The molecule has 3 aromatic rings. The van der Waals surface area contributed by atoms with E-state index in [1.807, 2.05) is 60.7 Å². The Bertz CT molecular complexity index is 1020. The van der Waals surface area contributed by atoms with Crippen LogP contribution in [0.5, 0.6) is 5.75 Å². The number of methoxy groups -OCH3 is 1. The van der Waals surface area contributed by atoms with Crippen molar-refractivity contribution in [1.29, 1.82) is 0 Å². The molecule has 0 saturated carbocycles.